The van der Waals surface area contributed by atoms with Crippen molar-refractivity contribution < 1.29 is 30.0 Å². The number of rotatable bonds is 6. The highest BCUT2D eigenvalue weighted by molar-refractivity contribution is 5.87. The van der Waals surface area contributed by atoms with Gasteiger partial charge in [-0.15, -0.1) is 0 Å². The highest BCUT2D eigenvalue weighted by Gasteiger charge is 2.18. The van der Waals surface area contributed by atoms with E-state index in [2.05, 4.69) is 4.74 Å². The summed E-state index contributed by atoms with van der Waals surface area (Å²) in [4.78, 5) is 21.7. The lowest BCUT2D eigenvalue weighted by Crippen LogP contribution is -2.28. The molecule has 0 saturated heterocycles. The minimum Gasteiger partial charge on any atom is -0.412 e. The maximum atomic E-state index is 10.9. The molecule has 0 aromatic heterocycles. The lowest BCUT2D eigenvalue weighted by Gasteiger charge is -2.05. The molecule has 0 heterocycles. The van der Waals surface area contributed by atoms with E-state index in [1.165, 1.54) is 0 Å². The van der Waals surface area contributed by atoms with Crippen LogP contribution in [0.2, 0.25) is 0 Å². The quantitative estimate of drug-likeness (QED) is 0.345. The minimum absolute atomic E-state index is 0. The molecular weight excluding hydrogens is 204 g/mol. The molecule has 6 heteroatoms. The summed E-state index contributed by atoms with van der Waals surface area (Å²) in [5.74, 6) is -1.75. The van der Waals surface area contributed by atoms with Gasteiger partial charge >= 0.3 is 11.9 Å². The van der Waals surface area contributed by atoms with Crippen LogP contribution in [0, 0.1) is 0 Å². The number of carbonyl (C=O) groups is 2. The molecule has 6 nitrogen and oxygen atoms in total. The first-order valence-corrected chi connectivity index (χ1v) is 4.65. The highest BCUT2D eigenvalue weighted by Crippen LogP contribution is 2.01. The lowest BCUT2D eigenvalue weighted by atomic mass is 10.2. The Kier molecular flexibility index (Phi) is 10.5. The second-order valence-electron chi connectivity index (χ2n) is 2.95. The third kappa shape index (κ3) is 8.04. The average Bonchev–Trinajstić information content (AvgIpc) is 2.16. The number of aliphatic hydroxyl groups is 2. The fourth-order valence-electron chi connectivity index (χ4n) is 0.825. The van der Waals surface area contributed by atoms with E-state index in [-0.39, 0.29) is 11.9 Å². The summed E-state index contributed by atoms with van der Waals surface area (Å²) in [6, 6.07) is 0. The van der Waals surface area contributed by atoms with Gasteiger partial charge in [-0.3, -0.25) is 4.79 Å². The summed E-state index contributed by atoms with van der Waals surface area (Å²) in [5.41, 5.74) is 0. The van der Waals surface area contributed by atoms with E-state index in [1.807, 2.05) is 6.92 Å². The Morgan fingerprint density at radius 3 is 2.40 bits per heavy atom. The van der Waals surface area contributed by atoms with Gasteiger partial charge in [0.1, 0.15) is 0 Å². The van der Waals surface area contributed by atoms with Crippen LogP contribution in [-0.4, -0.2) is 40.3 Å². The van der Waals surface area contributed by atoms with Gasteiger partial charge in [-0.25, -0.2) is 4.79 Å². The standard InChI is InChI=1S/C9H16O5.H2O/c1-2-3-4-5-8(12)14-9(13)7(11)6-10;/h7,10-11H,2-6H2,1H3;1H2. The maximum Gasteiger partial charge on any atom is 0.345 e. The maximum absolute atomic E-state index is 10.9. The van der Waals surface area contributed by atoms with Gasteiger partial charge in [0.05, 0.1) is 6.61 Å². The third-order valence-electron chi connectivity index (χ3n) is 1.64. The first kappa shape index (κ1) is 16.4. The van der Waals surface area contributed by atoms with Crippen molar-refractivity contribution in [2.75, 3.05) is 6.61 Å². The van der Waals surface area contributed by atoms with Crippen molar-refractivity contribution in [2.24, 2.45) is 0 Å². The molecule has 0 aromatic carbocycles. The zero-order chi connectivity index (χ0) is 11.0. The number of carbonyl (C=O) groups excluding carboxylic acids is 2. The Hall–Kier alpha value is -0.980. The van der Waals surface area contributed by atoms with Gasteiger partial charge in [-0.2, -0.15) is 0 Å². The number of unbranched alkanes of at least 4 members (excludes halogenated alkanes) is 2. The van der Waals surface area contributed by atoms with Crippen molar-refractivity contribution in [2.45, 2.75) is 38.7 Å². The monoisotopic (exact) mass is 222 g/mol. The number of esters is 2. The second kappa shape index (κ2) is 9.57. The number of hydrogen-bond donors (Lipinski definition) is 2. The molecule has 0 bridgehead atoms. The fourth-order valence-corrected chi connectivity index (χ4v) is 0.825. The molecule has 0 radical (unpaired) electrons. The van der Waals surface area contributed by atoms with Crippen molar-refractivity contribution >= 4 is 11.9 Å². The molecule has 0 aliphatic rings. The van der Waals surface area contributed by atoms with Crippen LogP contribution in [0.15, 0.2) is 0 Å². The predicted molar refractivity (Wildman–Crippen MR) is 51.9 cm³/mol. The zero-order valence-corrected chi connectivity index (χ0v) is 8.73. The van der Waals surface area contributed by atoms with Gasteiger partial charge in [0.25, 0.3) is 0 Å². The van der Waals surface area contributed by atoms with Crippen molar-refractivity contribution in [1.29, 1.82) is 0 Å². The summed E-state index contributed by atoms with van der Waals surface area (Å²) in [6.45, 7) is 1.26. The molecule has 1 atom stereocenters. The van der Waals surface area contributed by atoms with Crippen molar-refractivity contribution in [3.05, 3.63) is 0 Å². The number of hydrogen-bond acceptors (Lipinski definition) is 5. The first-order chi connectivity index (χ1) is 6.61. The van der Waals surface area contributed by atoms with E-state index in [0.717, 1.165) is 12.8 Å². The van der Waals surface area contributed by atoms with Crippen LogP contribution in [0.3, 0.4) is 0 Å². The average molecular weight is 222 g/mol. The van der Waals surface area contributed by atoms with Crippen LogP contribution in [0.4, 0.5) is 0 Å². The number of ether oxygens (including phenoxy) is 1. The molecule has 1 unspecified atom stereocenters. The predicted octanol–water partition coefficient (Wildman–Crippen LogP) is -0.835. The van der Waals surface area contributed by atoms with Crippen LogP contribution in [0.1, 0.15) is 32.6 Å². The van der Waals surface area contributed by atoms with Crippen molar-refractivity contribution in [1.82, 2.24) is 0 Å². The Bertz CT molecular complexity index is 191. The van der Waals surface area contributed by atoms with E-state index in [4.69, 9.17) is 10.2 Å². The summed E-state index contributed by atoms with van der Waals surface area (Å²) < 4.78 is 4.26. The molecule has 4 N–H and O–H groups in total. The molecular formula is C9H18O6. The third-order valence-corrected chi connectivity index (χ3v) is 1.64. The molecule has 15 heavy (non-hydrogen) atoms. The molecule has 0 aliphatic heterocycles. The van der Waals surface area contributed by atoms with Gasteiger partial charge in [-0.05, 0) is 6.42 Å². The molecule has 0 amide bonds. The molecule has 0 fully saturated rings. The first-order valence-electron chi connectivity index (χ1n) is 4.65. The molecule has 0 aromatic rings. The minimum atomic E-state index is -1.62. The number of aliphatic hydroxyl groups excluding tert-OH is 2. The SMILES string of the molecule is CCCCCC(=O)OC(=O)C(O)CO.O. The van der Waals surface area contributed by atoms with Gasteiger partial charge in [0.15, 0.2) is 6.10 Å². The van der Waals surface area contributed by atoms with Crippen LogP contribution >= 0.6 is 0 Å². The lowest BCUT2D eigenvalue weighted by molar-refractivity contribution is -0.167. The van der Waals surface area contributed by atoms with Crippen LogP contribution in [-0.2, 0) is 14.3 Å². The summed E-state index contributed by atoms with van der Waals surface area (Å²) in [7, 11) is 0. The van der Waals surface area contributed by atoms with Crippen LogP contribution in [0.25, 0.3) is 0 Å². The van der Waals surface area contributed by atoms with E-state index < -0.39 is 24.6 Å². The van der Waals surface area contributed by atoms with Crippen molar-refractivity contribution in [3.8, 4) is 0 Å². The highest BCUT2D eigenvalue weighted by atomic mass is 16.6. The van der Waals surface area contributed by atoms with Gasteiger partial charge in [0.2, 0.25) is 0 Å². The Morgan fingerprint density at radius 1 is 1.33 bits per heavy atom. The van der Waals surface area contributed by atoms with Gasteiger partial charge in [0, 0.05) is 6.42 Å². The summed E-state index contributed by atoms with van der Waals surface area (Å²) in [5, 5.41) is 17.1. The normalized spacial score (nSPS) is 11.4. The summed E-state index contributed by atoms with van der Waals surface area (Å²) in [6.07, 6.45) is 1.08. The van der Waals surface area contributed by atoms with Gasteiger partial charge in [-0.1, -0.05) is 19.8 Å². The zero-order valence-electron chi connectivity index (χ0n) is 8.73. The smallest absolute Gasteiger partial charge is 0.345 e. The van der Waals surface area contributed by atoms with E-state index in [0.29, 0.717) is 6.42 Å². The van der Waals surface area contributed by atoms with Crippen LogP contribution in [0.5, 0.6) is 0 Å². The Labute approximate surface area is 88.2 Å². The molecule has 0 aliphatic carbocycles. The van der Waals surface area contributed by atoms with E-state index in [1.54, 1.807) is 0 Å². The summed E-state index contributed by atoms with van der Waals surface area (Å²) >= 11 is 0. The molecule has 0 rings (SSSR count). The van der Waals surface area contributed by atoms with Gasteiger partial charge < -0.3 is 20.4 Å². The largest absolute Gasteiger partial charge is 0.412 e. The Morgan fingerprint density at radius 2 is 1.93 bits per heavy atom. The fraction of sp³-hybridized carbons (Fsp3) is 0.778. The topological polar surface area (TPSA) is 115 Å². The second-order valence-corrected chi connectivity index (χ2v) is 2.95. The van der Waals surface area contributed by atoms with Crippen LogP contribution < -0.4 is 0 Å². The molecule has 0 spiro atoms. The molecule has 0 saturated carbocycles. The molecule has 90 valence electrons. The van der Waals surface area contributed by atoms with E-state index >= 15 is 0 Å². The van der Waals surface area contributed by atoms with E-state index in [9.17, 15) is 9.59 Å². The Balaban J connectivity index is 0. The van der Waals surface area contributed by atoms with Crippen molar-refractivity contribution in [3.63, 3.8) is 0 Å².